The molecule has 1 aromatic carbocycles. The van der Waals surface area contributed by atoms with Gasteiger partial charge in [-0.15, -0.1) is 0 Å². The Kier molecular flexibility index (Phi) is 11.8. The fourth-order valence-electron chi connectivity index (χ4n) is 1.99. The van der Waals surface area contributed by atoms with Crippen LogP contribution in [0.25, 0.3) is 0 Å². The minimum Gasteiger partial charge on any atom is -0.382 e. The topological polar surface area (TPSA) is 40.2 Å². The van der Waals surface area contributed by atoms with Crippen LogP contribution in [0.4, 0.5) is 0 Å². The molecule has 5 nitrogen and oxygen atoms in total. The van der Waals surface area contributed by atoms with Crippen LogP contribution >= 0.6 is 0 Å². The van der Waals surface area contributed by atoms with Crippen molar-refractivity contribution in [1.82, 2.24) is 4.90 Å². The van der Waals surface area contributed by atoms with E-state index in [9.17, 15) is 0 Å². The van der Waals surface area contributed by atoms with Crippen molar-refractivity contribution in [1.29, 1.82) is 0 Å². The molecule has 0 heterocycles. The highest BCUT2D eigenvalue weighted by Gasteiger charge is 2.06. The van der Waals surface area contributed by atoms with Crippen LogP contribution in [0, 0.1) is 0 Å². The molecule has 22 heavy (non-hydrogen) atoms. The Morgan fingerprint density at radius 2 is 1.27 bits per heavy atom. The first-order valence-corrected chi connectivity index (χ1v) is 7.76. The minimum atomic E-state index is 0.638. The lowest BCUT2D eigenvalue weighted by Gasteiger charge is -2.22. The molecule has 0 saturated heterocycles. The Morgan fingerprint density at radius 1 is 0.727 bits per heavy atom. The molecule has 0 saturated carbocycles. The normalized spacial score (nSPS) is 11.2. The van der Waals surface area contributed by atoms with Crippen LogP contribution in [0.15, 0.2) is 30.3 Å². The van der Waals surface area contributed by atoms with E-state index in [-0.39, 0.29) is 0 Å². The van der Waals surface area contributed by atoms with Crippen molar-refractivity contribution in [3.8, 4) is 0 Å². The van der Waals surface area contributed by atoms with E-state index >= 15 is 0 Å². The summed E-state index contributed by atoms with van der Waals surface area (Å²) in [6, 6.07) is 10.5. The van der Waals surface area contributed by atoms with Gasteiger partial charge in [0, 0.05) is 33.9 Å². The second-order valence-electron chi connectivity index (χ2n) is 4.97. The summed E-state index contributed by atoms with van der Waals surface area (Å²) in [5.74, 6) is 0. The molecule has 0 amide bonds. The third-order valence-corrected chi connectivity index (χ3v) is 3.22. The summed E-state index contributed by atoms with van der Waals surface area (Å²) >= 11 is 0. The first kappa shape index (κ1) is 19.1. The lowest BCUT2D eigenvalue weighted by Crippen LogP contribution is -2.31. The molecule has 0 atom stereocenters. The molecule has 0 aliphatic rings. The third-order valence-electron chi connectivity index (χ3n) is 3.22. The van der Waals surface area contributed by atoms with E-state index in [0.717, 1.165) is 19.6 Å². The molecule has 1 rings (SSSR count). The first-order valence-electron chi connectivity index (χ1n) is 7.76. The van der Waals surface area contributed by atoms with Crippen LogP contribution in [-0.2, 0) is 25.5 Å². The first-order chi connectivity index (χ1) is 10.9. The zero-order valence-corrected chi connectivity index (χ0v) is 13.8. The van der Waals surface area contributed by atoms with Gasteiger partial charge in [0.25, 0.3) is 0 Å². The summed E-state index contributed by atoms with van der Waals surface area (Å²) in [6.07, 6.45) is 0. The summed E-state index contributed by atoms with van der Waals surface area (Å²) in [5, 5.41) is 0. The summed E-state index contributed by atoms with van der Waals surface area (Å²) in [4.78, 5) is 2.34. The van der Waals surface area contributed by atoms with Crippen LogP contribution in [0.3, 0.4) is 0 Å². The molecule has 0 aliphatic heterocycles. The average molecular weight is 311 g/mol. The quantitative estimate of drug-likeness (QED) is 0.490. The molecule has 0 spiro atoms. The van der Waals surface area contributed by atoms with Gasteiger partial charge in [0.15, 0.2) is 0 Å². The molecule has 0 radical (unpaired) electrons. The molecular weight excluding hydrogens is 282 g/mol. The van der Waals surface area contributed by atoms with Crippen molar-refractivity contribution in [2.45, 2.75) is 6.54 Å². The molecule has 0 aliphatic carbocycles. The van der Waals surface area contributed by atoms with Crippen LogP contribution in [0.2, 0.25) is 0 Å². The molecule has 0 bridgehead atoms. The molecule has 5 heteroatoms. The van der Waals surface area contributed by atoms with E-state index in [4.69, 9.17) is 18.9 Å². The zero-order valence-electron chi connectivity index (χ0n) is 13.8. The SMILES string of the molecule is COCCOCCN(CCOCCOC)Cc1ccccc1. The predicted molar refractivity (Wildman–Crippen MR) is 87.1 cm³/mol. The highest BCUT2D eigenvalue weighted by atomic mass is 16.5. The molecule has 126 valence electrons. The Morgan fingerprint density at radius 3 is 1.77 bits per heavy atom. The van der Waals surface area contributed by atoms with E-state index in [1.807, 2.05) is 6.07 Å². The fourth-order valence-corrected chi connectivity index (χ4v) is 1.99. The Hall–Kier alpha value is -0.980. The van der Waals surface area contributed by atoms with Gasteiger partial charge in [0.05, 0.1) is 39.6 Å². The maximum Gasteiger partial charge on any atom is 0.0700 e. The van der Waals surface area contributed by atoms with Gasteiger partial charge in [-0.05, 0) is 5.56 Å². The highest BCUT2D eigenvalue weighted by molar-refractivity contribution is 5.14. The number of nitrogens with zero attached hydrogens (tertiary/aromatic N) is 1. The Bertz CT molecular complexity index is 334. The van der Waals surface area contributed by atoms with Gasteiger partial charge in [-0.2, -0.15) is 0 Å². The van der Waals surface area contributed by atoms with Gasteiger partial charge >= 0.3 is 0 Å². The Labute approximate surface area is 134 Å². The van der Waals surface area contributed by atoms with Gasteiger partial charge < -0.3 is 18.9 Å². The van der Waals surface area contributed by atoms with Gasteiger partial charge in [-0.1, -0.05) is 30.3 Å². The largest absolute Gasteiger partial charge is 0.382 e. The monoisotopic (exact) mass is 311 g/mol. The van der Waals surface area contributed by atoms with Gasteiger partial charge in [-0.25, -0.2) is 0 Å². The number of ether oxygens (including phenoxy) is 4. The summed E-state index contributed by atoms with van der Waals surface area (Å²) < 4.78 is 21.1. The summed E-state index contributed by atoms with van der Waals surface area (Å²) in [6.45, 7) is 6.63. The Balaban J connectivity index is 2.29. The van der Waals surface area contributed by atoms with E-state index in [1.54, 1.807) is 14.2 Å². The lowest BCUT2D eigenvalue weighted by molar-refractivity contribution is 0.0365. The summed E-state index contributed by atoms with van der Waals surface area (Å²) in [7, 11) is 3.37. The fraction of sp³-hybridized carbons (Fsp3) is 0.647. The van der Waals surface area contributed by atoms with Crippen molar-refractivity contribution in [2.24, 2.45) is 0 Å². The zero-order chi connectivity index (χ0) is 15.9. The molecule has 0 unspecified atom stereocenters. The van der Waals surface area contributed by atoms with E-state index in [0.29, 0.717) is 39.6 Å². The van der Waals surface area contributed by atoms with Crippen molar-refractivity contribution in [3.63, 3.8) is 0 Å². The minimum absolute atomic E-state index is 0.638. The predicted octanol–water partition coefficient (Wildman–Crippen LogP) is 1.81. The molecular formula is C17H29NO4. The van der Waals surface area contributed by atoms with Crippen molar-refractivity contribution in [3.05, 3.63) is 35.9 Å². The van der Waals surface area contributed by atoms with E-state index in [1.165, 1.54) is 5.56 Å². The molecule has 0 N–H and O–H groups in total. The lowest BCUT2D eigenvalue weighted by atomic mass is 10.2. The van der Waals surface area contributed by atoms with Crippen molar-refractivity contribution in [2.75, 3.05) is 67.0 Å². The van der Waals surface area contributed by atoms with Crippen molar-refractivity contribution >= 4 is 0 Å². The molecule has 0 aromatic heterocycles. The number of rotatable bonds is 14. The maximum atomic E-state index is 5.56. The number of hydrogen-bond acceptors (Lipinski definition) is 5. The second kappa shape index (κ2) is 13.7. The smallest absolute Gasteiger partial charge is 0.0700 e. The van der Waals surface area contributed by atoms with Crippen LogP contribution in [0.1, 0.15) is 5.56 Å². The van der Waals surface area contributed by atoms with Crippen LogP contribution < -0.4 is 0 Å². The average Bonchev–Trinajstić information content (AvgIpc) is 2.55. The maximum absolute atomic E-state index is 5.56. The van der Waals surface area contributed by atoms with Crippen molar-refractivity contribution < 1.29 is 18.9 Å². The summed E-state index contributed by atoms with van der Waals surface area (Å²) in [5.41, 5.74) is 1.30. The van der Waals surface area contributed by atoms with Gasteiger partial charge in [0.1, 0.15) is 0 Å². The van der Waals surface area contributed by atoms with Gasteiger partial charge in [-0.3, -0.25) is 4.90 Å². The standard InChI is InChI=1S/C17H29NO4/c1-19-12-14-21-10-8-18(9-11-22-15-13-20-2)16-17-6-4-3-5-7-17/h3-7H,8-16H2,1-2H3. The number of benzene rings is 1. The molecule has 0 fully saturated rings. The van der Waals surface area contributed by atoms with E-state index in [2.05, 4.69) is 29.2 Å². The number of methoxy groups -OCH3 is 2. The second-order valence-corrected chi connectivity index (χ2v) is 4.97. The van der Waals surface area contributed by atoms with Crippen LogP contribution in [-0.4, -0.2) is 71.9 Å². The van der Waals surface area contributed by atoms with Crippen LogP contribution in [0.5, 0.6) is 0 Å². The molecule has 1 aromatic rings. The number of hydrogen-bond donors (Lipinski definition) is 0. The third kappa shape index (κ3) is 9.87. The highest BCUT2D eigenvalue weighted by Crippen LogP contribution is 2.04. The van der Waals surface area contributed by atoms with Gasteiger partial charge in [0.2, 0.25) is 0 Å². The van der Waals surface area contributed by atoms with E-state index < -0.39 is 0 Å².